The van der Waals surface area contributed by atoms with Gasteiger partial charge in [-0.15, -0.1) is 0 Å². The van der Waals surface area contributed by atoms with E-state index in [0.717, 1.165) is 0 Å². The van der Waals surface area contributed by atoms with E-state index in [2.05, 4.69) is 43.0 Å². The van der Waals surface area contributed by atoms with Crippen LogP contribution in [0.3, 0.4) is 0 Å². The van der Waals surface area contributed by atoms with Crippen LogP contribution in [0, 0.1) is 27.9 Å². The molecular weight excluding hydrogens is 246 g/mol. The summed E-state index contributed by atoms with van der Waals surface area (Å²) in [6, 6.07) is 0. The first-order valence-corrected chi connectivity index (χ1v) is 6.33. The third kappa shape index (κ3) is 3.77. The SMILES string of the molecule is CC(C)C(CNc1ncnc(N)c1[N+](=O)[O-])C(C)C. The number of nitrogens with zero attached hydrogens (tertiary/aromatic N) is 3. The molecule has 3 N–H and O–H groups in total. The van der Waals surface area contributed by atoms with Gasteiger partial charge in [0.1, 0.15) is 6.33 Å². The van der Waals surface area contributed by atoms with E-state index >= 15 is 0 Å². The maximum absolute atomic E-state index is 11.0. The van der Waals surface area contributed by atoms with E-state index in [0.29, 0.717) is 24.3 Å². The lowest BCUT2D eigenvalue weighted by Gasteiger charge is -2.25. The Kier molecular flexibility index (Phi) is 5.02. The van der Waals surface area contributed by atoms with Crippen molar-refractivity contribution in [2.75, 3.05) is 17.6 Å². The molecule has 0 aromatic carbocycles. The highest BCUT2D eigenvalue weighted by atomic mass is 16.6. The molecule has 1 heterocycles. The number of aromatic nitrogens is 2. The molecule has 0 bridgehead atoms. The minimum absolute atomic E-state index is 0.117. The molecule has 0 aliphatic carbocycles. The first kappa shape index (κ1) is 15.1. The monoisotopic (exact) mass is 267 g/mol. The van der Waals surface area contributed by atoms with E-state index in [1.807, 2.05) is 0 Å². The predicted molar refractivity (Wildman–Crippen MR) is 74.8 cm³/mol. The molecule has 0 saturated carbocycles. The molecule has 1 aromatic rings. The second kappa shape index (κ2) is 6.31. The van der Waals surface area contributed by atoms with Crippen molar-refractivity contribution in [1.29, 1.82) is 0 Å². The molecular formula is C12H21N5O2. The topological polar surface area (TPSA) is 107 Å². The first-order valence-electron chi connectivity index (χ1n) is 6.33. The Labute approximate surface area is 112 Å². The summed E-state index contributed by atoms with van der Waals surface area (Å²) in [5.74, 6) is 1.42. The normalized spacial score (nSPS) is 11.3. The number of anilines is 2. The van der Waals surface area contributed by atoms with Gasteiger partial charge in [-0.3, -0.25) is 10.1 Å². The lowest BCUT2D eigenvalue weighted by molar-refractivity contribution is -0.383. The Morgan fingerprint density at radius 3 is 2.37 bits per heavy atom. The average molecular weight is 267 g/mol. The van der Waals surface area contributed by atoms with Crippen LogP contribution < -0.4 is 11.1 Å². The fourth-order valence-electron chi connectivity index (χ4n) is 2.16. The Morgan fingerprint density at radius 2 is 1.89 bits per heavy atom. The average Bonchev–Trinajstić information content (AvgIpc) is 2.27. The molecule has 7 nitrogen and oxygen atoms in total. The fourth-order valence-corrected chi connectivity index (χ4v) is 2.16. The molecule has 0 atom stereocenters. The van der Waals surface area contributed by atoms with Crippen LogP contribution >= 0.6 is 0 Å². The van der Waals surface area contributed by atoms with E-state index in [-0.39, 0.29) is 17.3 Å². The highest BCUT2D eigenvalue weighted by Crippen LogP contribution is 2.28. The minimum Gasteiger partial charge on any atom is -0.378 e. The molecule has 7 heteroatoms. The maximum Gasteiger partial charge on any atom is 0.352 e. The van der Waals surface area contributed by atoms with Gasteiger partial charge in [0.2, 0.25) is 11.6 Å². The predicted octanol–water partition coefficient (Wildman–Crippen LogP) is 2.31. The van der Waals surface area contributed by atoms with Gasteiger partial charge >= 0.3 is 5.69 Å². The van der Waals surface area contributed by atoms with Crippen molar-refractivity contribution < 1.29 is 4.92 Å². The van der Waals surface area contributed by atoms with Crippen LogP contribution in [0.1, 0.15) is 27.7 Å². The number of rotatable bonds is 6. The lowest BCUT2D eigenvalue weighted by atomic mass is 9.85. The molecule has 1 aromatic heterocycles. The second-order valence-electron chi connectivity index (χ2n) is 5.25. The molecule has 0 aliphatic heterocycles. The summed E-state index contributed by atoms with van der Waals surface area (Å²) in [5.41, 5.74) is 5.26. The summed E-state index contributed by atoms with van der Waals surface area (Å²) in [6.45, 7) is 9.15. The van der Waals surface area contributed by atoms with Gasteiger partial charge in [-0.05, 0) is 17.8 Å². The van der Waals surface area contributed by atoms with Crippen LogP contribution in [0.5, 0.6) is 0 Å². The van der Waals surface area contributed by atoms with Crippen LogP contribution in [-0.2, 0) is 0 Å². The largest absolute Gasteiger partial charge is 0.378 e. The van der Waals surface area contributed by atoms with Crippen molar-refractivity contribution in [3.8, 4) is 0 Å². The number of nitro groups is 1. The molecule has 0 saturated heterocycles. The third-order valence-corrected chi connectivity index (χ3v) is 3.25. The van der Waals surface area contributed by atoms with Crippen molar-refractivity contribution in [2.24, 2.45) is 17.8 Å². The molecule has 0 unspecified atom stereocenters. The quantitative estimate of drug-likeness (QED) is 0.605. The minimum atomic E-state index is -0.558. The van der Waals surface area contributed by atoms with E-state index in [1.54, 1.807) is 0 Å². The van der Waals surface area contributed by atoms with E-state index < -0.39 is 4.92 Å². The van der Waals surface area contributed by atoms with Gasteiger partial charge < -0.3 is 11.1 Å². The summed E-state index contributed by atoms with van der Waals surface area (Å²) in [7, 11) is 0. The van der Waals surface area contributed by atoms with E-state index in [9.17, 15) is 10.1 Å². The van der Waals surface area contributed by atoms with Gasteiger partial charge in [0.15, 0.2) is 0 Å². The Balaban J connectivity index is 2.88. The Hall–Kier alpha value is -1.92. The Bertz CT molecular complexity index is 440. The van der Waals surface area contributed by atoms with Gasteiger partial charge in [-0.2, -0.15) is 0 Å². The lowest BCUT2D eigenvalue weighted by Crippen LogP contribution is -2.25. The standard InChI is InChI=1S/C12H21N5O2/c1-7(2)9(8(3)4)5-14-12-10(17(18)19)11(13)15-6-16-12/h6-9H,5H2,1-4H3,(H3,13,14,15,16). The van der Waals surface area contributed by atoms with Crippen LogP contribution in [0.25, 0.3) is 0 Å². The number of nitrogens with one attached hydrogen (secondary N) is 1. The fraction of sp³-hybridized carbons (Fsp3) is 0.667. The highest BCUT2D eigenvalue weighted by Gasteiger charge is 2.23. The zero-order valence-corrected chi connectivity index (χ0v) is 11.8. The molecule has 106 valence electrons. The van der Waals surface area contributed by atoms with Crippen LogP contribution in [0.4, 0.5) is 17.3 Å². The molecule has 0 amide bonds. The second-order valence-corrected chi connectivity index (χ2v) is 5.25. The van der Waals surface area contributed by atoms with Gasteiger partial charge in [-0.1, -0.05) is 27.7 Å². The summed E-state index contributed by atoms with van der Waals surface area (Å²) in [4.78, 5) is 18.0. The van der Waals surface area contributed by atoms with Gasteiger partial charge in [0, 0.05) is 6.54 Å². The molecule has 0 aliphatic rings. The summed E-state index contributed by atoms with van der Waals surface area (Å²) >= 11 is 0. The van der Waals surface area contributed by atoms with Crippen molar-refractivity contribution in [2.45, 2.75) is 27.7 Å². The maximum atomic E-state index is 11.0. The van der Waals surface area contributed by atoms with Crippen molar-refractivity contribution in [1.82, 2.24) is 9.97 Å². The van der Waals surface area contributed by atoms with Crippen LogP contribution in [0.15, 0.2) is 6.33 Å². The molecule has 1 rings (SSSR count). The zero-order chi connectivity index (χ0) is 14.6. The van der Waals surface area contributed by atoms with Crippen LogP contribution in [-0.4, -0.2) is 21.4 Å². The summed E-state index contributed by atoms with van der Waals surface area (Å²) in [5, 5.41) is 14.0. The van der Waals surface area contributed by atoms with Gasteiger partial charge in [0.25, 0.3) is 0 Å². The van der Waals surface area contributed by atoms with E-state index in [1.165, 1.54) is 6.33 Å². The van der Waals surface area contributed by atoms with Gasteiger partial charge in [0.05, 0.1) is 4.92 Å². The van der Waals surface area contributed by atoms with Crippen LogP contribution in [0.2, 0.25) is 0 Å². The zero-order valence-electron chi connectivity index (χ0n) is 11.8. The highest BCUT2D eigenvalue weighted by molar-refractivity contribution is 5.67. The van der Waals surface area contributed by atoms with E-state index in [4.69, 9.17) is 5.73 Å². The number of nitrogen functional groups attached to an aromatic ring is 1. The third-order valence-electron chi connectivity index (χ3n) is 3.25. The molecule has 0 fully saturated rings. The molecule has 0 radical (unpaired) electrons. The van der Waals surface area contributed by atoms with Crippen molar-refractivity contribution in [3.63, 3.8) is 0 Å². The van der Waals surface area contributed by atoms with Gasteiger partial charge in [-0.25, -0.2) is 9.97 Å². The number of nitrogens with two attached hydrogens (primary N) is 1. The smallest absolute Gasteiger partial charge is 0.352 e. The molecule has 0 spiro atoms. The van der Waals surface area contributed by atoms with Crippen molar-refractivity contribution >= 4 is 17.3 Å². The Morgan fingerprint density at radius 1 is 1.32 bits per heavy atom. The summed E-state index contributed by atoms with van der Waals surface area (Å²) < 4.78 is 0. The number of hydrogen-bond acceptors (Lipinski definition) is 6. The molecule has 19 heavy (non-hydrogen) atoms. The first-order chi connectivity index (χ1) is 8.84. The summed E-state index contributed by atoms with van der Waals surface area (Å²) in [6.07, 6.45) is 1.23. The number of hydrogen-bond donors (Lipinski definition) is 2. The van der Waals surface area contributed by atoms with Crippen molar-refractivity contribution in [3.05, 3.63) is 16.4 Å².